The maximum Gasteiger partial charge on any atom is 0.356 e. The Hall–Kier alpha value is -3.62. The fourth-order valence-electron chi connectivity index (χ4n) is 4.79. The third-order valence-electron chi connectivity index (χ3n) is 6.74. The van der Waals surface area contributed by atoms with Crippen LogP contribution in [-0.2, 0) is 31.1 Å². The third-order valence-corrected chi connectivity index (χ3v) is 8.92. The Morgan fingerprint density at radius 1 is 1.05 bits per heavy atom. The number of allylic oxidation sites excluding steroid dienone is 2. The fraction of sp³-hybridized carbons (Fsp3) is 0.233. The molecule has 2 aromatic carbocycles. The van der Waals surface area contributed by atoms with E-state index in [0.29, 0.717) is 5.75 Å². The Bertz CT molecular complexity index is 1340. The summed E-state index contributed by atoms with van der Waals surface area (Å²) in [6.07, 6.45) is 3.92. The zero-order valence-electron chi connectivity index (χ0n) is 21.1. The average molecular weight is 545 g/mol. The molecule has 1 fully saturated rings. The van der Waals surface area contributed by atoms with Gasteiger partial charge in [-0.25, -0.2) is 4.79 Å². The van der Waals surface area contributed by atoms with Crippen molar-refractivity contribution >= 4 is 40.9 Å². The number of thioether (sulfide) groups is 1. The first kappa shape index (κ1) is 26.0. The van der Waals surface area contributed by atoms with Gasteiger partial charge in [0.1, 0.15) is 17.1 Å². The lowest BCUT2D eigenvalue weighted by Gasteiger charge is -2.50. The minimum Gasteiger partial charge on any atom is -0.445 e. The second kappa shape index (κ2) is 11.0. The highest BCUT2D eigenvalue weighted by molar-refractivity contribution is 8.00. The van der Waals surface area contributed by atoms with Gasteiger partial charge in [0.25, 0.3) is 5.91 Å². The number of hydrogen-bond donors (Lipinski definition) is 1. The van der Waals surface area contributed by atoms with Crippen molar-refractivity contribution in [3.8, 4) is 0 Å². The summed E-state index contributed by atoms with van der Waals surface area (Å²) in [7, 11) is 0. The number of nitrogens with one attached hydrogen (secondary N) is 1. The van der Waals surface area contributed by atoms with E-state index in [-0.39, 0.29) is 29.3 Å². The molecule has 2 atom stereocenters. The second-order valence-electron chi connectivity index (χ2n) is 9.24. The highest BCUT2D eigenvalue weighted by atomic mass is 32.2. The number of rotatable bonds is 8. The largest absolute Gasteiger partial charge is 0.445 e. The van der Waals surface area contributed by atoms with Crippen LogP contribution in [0.25, 0.3) is 0 Å². The van der Waals surface area contributed by atoms with Gasteiger partial charge in [-0.3, -0.25) is 14.5 Å². The lowest BCUT2D eigenvalue weighted by molar-refractivity contribution is -0.159. The van der Waals surface area contributed by atoms with Crippen molar-refractivity contribution in [1.29, 1.82) is 0 Å². The van der Waals surface area contributed by atoms with Crippen LogP contribution in [0.2, 0.25) is 0 Å². The lowest BCUT2D eigenvalue weighted by Crippen LogP contribution is -2.70. The standard InChI is InChI=1S/C30H28N2O4S2/c1-3-11-20-19-38-28-25(31-24(33)18-23-16-10-17-37-23)27(34)32(28)26(20)29(35)36-30(2,21-12-6-4-7-13-21)22-14-8-5-9-15-22/h3-17,25,28H,18-19H2,1-2H3,(H,31,33)/t25-,28+/m1/s1. The maximum absolute atomic E-state index is 13.9. The van der Waals surface area contributed by atoms with Crippen molar-refractivity contribution in [2.24, 2.45) is 0 Å². The van der Waals surface area contributed by atoms with Gasteiger partial charge in [-0.05, 0) is 42.0 Å². The first-order chi connectivity index (χ1) is 18.4. The maximum atomic E-state index is 13.9. The number of ether oxygens (including phenoxy) is 1. The Morgan fingerprint density at radius 2 is 1.71 bits per heavy atom. The first-order valence-electron chi connectivity index (χ1n) is 12.4. The van der Waals surface area contributed by atoms with Crippen molar-refractivity contribution < 1.29 is 19.1 Å². The minimum absolute atomic E-state index is 0.209. The van der Waals surface area contributed by atoms with Crippen molar-refractivity contribution in [1.82, 2.24) is 10.2 Å². The van der Waals surface area contributed by atoms with Gasteiger partial charge in [-0.2, -0.15) is 0 Å². The summed E-state index contributed by atoms with van der Waals surface area (Å²) in [4.78, 5) is 42.3. The lowest BCUT2D eigenvalue weighted by atomic mass is 9.88. The number of fused-ring (bicyclic) bond motifs is 1. The van der Waals surface area contributed by atoms with Crippen LogP contribution in [-0.4, -0.2) is 39.9 Å². The van der Waals surface area contributed by atoms with Crippen molar-refractivity contribution in [3.63, 3.8) is 0 Å². The molecule has 6 nitrogen and oxygen atoms in total. The normalized spacial score (nSPS) is 19.2. The van der Waals surface area contributed by atoms with Crippen LogP contribution >= 0.6 is 23.1 Å². The molecule has 0 aliphatic carbocycles. The van der Waals surface area contributed by atoms with Gasteiger partial charge < -0.3 is 10.1 Å². The van der Waals surface area contributed by atoms with E-state index in [2.05, 4.69) is 5.32 Å². The van der Waals surface area contributed by atoms with Gasteiger partial charge in [-0.15, -0.1) is 23.1 Å². The van der Waals surface area contributed by atoms with E-state index in [1.54, 1.807) is 0 Å². The summed E-state index contributed by atoms with van der Waals surface area (Å²) < 4.78 is 6.29. The number of thiophene rings is 1. The van der Waals surface area contributed by atoms with Gasteiger partial charge in [0.2, 0.25) is 5.91 Å². The number of benzene rings is 2. The molecular weight excluding hydrogens is 516 g/mol. The topological polar surface area (TPSA) is 75.7 Å². The number of carbonyl (C=O) groups is 3. The van der Waals surface area contributed by atoms with E-state index in [0.717, 1.165) is 21.6 Å². The minimum atomic E-state index is -1.07. The molecule has 0 saturated carbocycles. The number of hydrogen-bond acceptors (Lipinski definition) is 6. The molecule has 0 unspecified atom stereocenters. The molecule has 38 heavy (non-hydrogen) atoms. The molecule has 0 radical (unpaired) electrons. The molecule has 3 heterocycles. The quantitative estimate of drug-likeness (QED) is 0.318. The molecule has 0 spiro atoms. The number of carbonyl (C=O) groups excluding carboxylic acids is 3. The highest BCUT2D eigenvalue weighted by Gasteiger charge is 2.54. The first-order valence-corrected chi connectivity index (χ1v) is 14.3. The molecule has 2 amide bonds. The number of nitrogens with zero attached hydrogens (tertiary/aromatic N) is 1. The van der Waals surface area contributed by atoms with Crippen molar-refractivity contribution in [3.05, 3.63) is 118 Å². The molecule has 2 aliphatic rings. The summed E-state index contributed by atoms with van der Waals surface area (Å²) in [5.74, 6) is -0.570. The van der Waals surface area contributed by atoms with Gasteiger partial charge in [-0.1, -0.05) is 78.9 Å². The fourth-order valence-corrected chi connectivity index (χ4v) is 6.81. The number of amides is 2. The average Bonchev–Trinajstić information content (AvgIpc) is 3.45. The molecular formula is C30H28N2O4S2. The van der Waals surface area contributed by atoms with E-state index in [4.69, 9.17) is 4.74 Å². The summed E-state index contributed by atoms with van der Waals surface area (Å²) in [5, 5.41) is 4.42. The van der Waals surface area contributed by atoms with E-state index >= 15 is 0 Å². The summed E-state index contributed by atoms with van der Waals surface area (Å²) in [6, 6.07) is 22.3. The van der Waals surface area contributed by atoms with Gasteiger partial charge in [0.05, 0.1) is 6.42 Å². The van der Waals surface area contributed by atoms with Crippen LogP contribution in [0.3, 0.4) is 0 Å². The van der Waals surface area contributed by atoms with Gasteiger partial charge >= 0.3 is 5.97 Å². The van der Waals surface area contributed by atoms with Crippen LogP contribution in [0.15, 0.2) is 102 Å². The van der Waals surface area contributed by atoms with Crippen molar-refractivity contribution in [2.45, 2.75) is 37.3 Å². The highest BCUT2D eigenvalue weighted by Crippen LogP contribution is 2.43. The van der Waals surface area contributed by atoms with E-state index in [1.807, 2.05) is 104 Å². The molecule has 1 N–H and O–H groups in total. The SMILES string of the molecule is CC=CC1=C(C(=O)OC(C)(c2ccccc2)c2ccccc2)N2C(=O)[C@@H](NC(=O)Cc3cccs3)[C@@H]2SC1. The van der Waals surface area contributed by atoms with E-state index in [1.165, 1.54) is 28.0 Å². The Labute approximate surface area is 230 Å². The predicted octanol–water partition coefficient (Wildman–Crippen LogP) is 5.03. The molecule has 0 bridgehead atoms. The summed E-state index contributed by atoms with van der Waals surface area (Å²) >= 11 is 3.03. The van der Waals surface area contributed by atoms with Gasteiger partial charge in [0, 0.05) is 10.6 Å². The van der Waals surface area contributed by atoms with Crippen molar-refractivity contribution in [2.75, 3.05) is 5.75 Å². The molecule has 1 aromatic heterocycles. The third kappa shape index (κ3) is 4.93. The van der Waals surface area contributed by atoms with Crippen LogP contribution in [0.5, 0.6) is 0 Å². The zero-order chi connectivity index (χ0) is 26.7. The van der Waals surface area contributed by atoms with Gasteiger partial charge in [0.15, 0.2) is 5.60 Å². The summed E-state index contributed by atoms with van der Waals surface area (Å²) in [5.41, 5.74) is 1.53. The van der Waals surface area contributed by atoms with E-state index < -0.39 is 17.6 Å². The molecule has 8 heteroatoms. The van der Waals surface area contributed by atoms with Crippen LogP contribution in [0.1, 0.15) is 29.9 Å². The zero-order valence-corrected chi connectivity index (χ0v) is 22.8. The smallest absolute Gasteiger partial charge is 0.356 e. The molecule has 194 valence electrons. The Balaban J connectivity index is 1.42. The van der Waals surface area contributed by atoms with Crippen LogP contribution in [0.4, 0.5) is 0 Å². The van der Waals surface area contributed by atoms with Crippen LogP contribution in [0, 0.1) is 0 Å². The summed E-state index contributed by atoms with van der Waals surface area (Å²) in [6.45, 7) is 3.74. The number of esters is 1. The Morgan fingerprint density at radius 3 is 2.29 bits per heavy atom. The predicted molar refractivity (Wildman–Crippen MR) is 150 cm³/mol. The number of β-lactam (4-membered cyclic amide) rings is 1. The molecule has 2 aliphatic heterocycles. The molecule has 5 rings (SSSR count). The second-order valence-corrected chi connectivity index (χ2v) is 11.4. The molecule has 1 saturated heterocycles. The molecule has 3 aromatic rings. The van der Waals surface area contributed by atoms with E-state index in [9.17, 15) is 14.4 Å². The Kier molecular flexibility index (Phi) is 7.53. The monoisotopic (exact) mass is 544 g/mol. The van der Waals surface area contributed by atoms with Crippen LogP contribution < -0.4 is 5.32 Å².